The molecule has 0 aliphatic carbocycles. The number of ether oxygens (including phenoxy) is 1. The summed E-state index contributed by atoms with van der Waals surface area (Å²) in [6.07, 6.45) is 0. The van der Waals surface area contributed by atoms with E-state index in [1.807, 2.05) is 51.6 Å². The third-order valence-corrected chi connectivity index (χ3v) is 11.3. The summed E-state index contributed by atoms with van der Waals surface area (Å²) >= 11 is 16.5. The Labute approximate surface area is 379 Å². The number of thioether (sulfide) groups is 2. The van der Waals surface area contributed by atoms with Gasteiger partial charge in [0, 0.05) is 8.95 Å². The van der Waals surface area contributed by atoms with Crippen LogP contribution in [0, 0.1) is 0 Å². The van der Waals surface area contributed by atoms with E-state index in [1.165, 1.54) is 17.1 Å². The predicted molar refractivity (Wildman–Crippen MR) is 211 cm³/mol. The van der Waals surface area contributed by atoms with Gasteiger partial charge in [-0.2, -0.15) is 0 Å². The molecule has 51 heavy (non-hydrogen) atoms. The van der Waals surface area contributed by atoms with Crippen LogP contribution in [-0.4, -0.2) is 70.2 Å². The number of carbonyl (C=O) groups is 2. The van der Waals surface area contributed by atoms with Crippen molar-refractivity contribution < 1.29 is 76.3 Å². The maximum absolute atomic E-state index is 11.6. The molecule has 0 saturated heterocycles. The summed E-state index contributed by atoms with van der Waals surface area (Å²) < 4.78 is 12.1. The van der Waals surface area contributed by atoms with Crippen LogP contribution in [0.1, 0.15) is 25.5 Å². The average Bonchev–Trinajstić information content (AvgIpc) is 3.62. The number of benzene rings is 4. The van der Waals surface area contributed by atoms with Gasteiger partial charge in [-0.1, -0.05) is 123 Å². The zero-order chi connectivity index (χ0) is 34.2. The van der Waals surface area contributed by atoms with Crippen LogP contribution in [0.2, 0.25) is 0 Å². The van der Waals surface area contributed by atoms with Crippen LogP contribution >= 0.6 is 87.2 Å². The standard InChI is InChI=1S/C17H15Br2N3O2S.C15H11Br2N3O2S.CH4.K.H2O/c1-2-24-15(23)10-25-17-21-20-16(19)22(17)9-11-7-8-14(18)13-6-4-3-5-12(11)13;16-12-6-5-9(10-3-1-2-4-11(10)12)7-20-14(17)18-19-15(20)23-8-13(21)22;;;/h3-8H,2,9-10H2,1H3;1-6H,7-8H2,(H,21,22);1H4;;1H2/q;;;+1;/p-1. The van der Waals surface area contributed by atoms with Crippen molar-refractivity contribution in [1.82, 2.24) is 29.5 Å². The monoisotopic (exact) mass is 1010 g/mol. The van der Waals surface area contributed by atoms with E-state index in [0.717, 1.165) is 48.0 Å². The molecule has 4 aromatic carbocycles. The van der Waals surface area contributed by atoms with Crippen LogP contribution in [0.3, 0.4) is 0 Å². The average molecular weight is 1010 g/mol. The second-order valence-corrected chi connectivity index (χ2v) is 15.0. The molecular formula is C33H31Br4KN6O5S2. The van der Waals surface area contributed by atoms with Gasteiger partial charge in [-0.25, -0.2) is 0 Å². The Kier molecular flexibility index (Phi) is 20.1. The molecule has 2 heterocycles. The molecule has 0 saturated carbocycles. The van der Waals surface area contributed by atoms with Crippen LogP contribution in [-0.2, 0) is 27.4 Å². The van der Waals surface area contributed by atoms with Crippen LogP contribution in [0.25, 0.3) is 21.5 Å². The Morgan fingerprint density at radius 2 is 1.10 bits per heavy atom. The number of halogens is 4. The van der Waals surface area contributed by atoms with Gasteiger partial charge in [-0.3, -0.25) is 18.7 Å². The van der Waals surface area contributed by atoms with Crippen molar-refractivity contribution in [3.63, 3.8) is 0 Å². The summed E-state index contributed by atoms with van der Waals surface area (Å²) in [5.74, 6) is -0.978. The molecule has 6 rings (SSSR count). The zero-order valence-corrected chi connectivity index (χ0v) is 37.7. The Bertz CT molecular complexity index is 2100. The maximum atomic E-state index is 11.6. The summed E-state index contributed by atoms with van der Waals surface area (Å²) in [7, 11) is 0. The molecule has 2 aromatic heterocycles. The number of aliphatic carboxylic acids is 1. The fraction of sp³-hybridized carbons (Fsp3) is 0.212. The number of carbonyl (C=O) groups excluding carboxylic acids is 1. The molecule has 0 fully saturated rings. The number of esters is 1. The Morgan fingerprint density at radius 3 is 1.51 bits per heavy atom. The van der Waals surface area contributed by atoms with Gasteiger partial charge in [0.05, 0.1) is 31.2 Å². The van der Waals surface area contributed by atoms with Gasteiger partial charge in [-0.15, -0.1) is 20.4 Å². The second kappa shape index (κ2) is 22.3. The number of aromatic nitrogens is 6. The van der Waals surface area contributed by atoms with Gasteiger partial charge < -0.3 is 15.3 Å². The third-order valence-electron chi connectivity index (χ3n) is 6.87. The summed E-state index contributed by atoms with van der Waals surface area (Å²) in [4.78, 5) is 22.4. The quantitative estimate of drug-likeness (QED) is 0.0884. The minimum Gasteiger partial charge on any atom is -0.870 e. The topological polar surface area (TPSA) is 155 Å². The number of hydrogen-bond acceptors (Lipinski definition) is 10. The van der Waals surface area contributed by atoms with E-state index in [2.05, 4.69) is 114 Å². The van der Waals surface area contributed by atoms with Gasteiger partial charge in [0.1, 0.15) is 0 Å². The van der Waals surface area contributed by atoms with Gasteiger partial charge >= 0.3 is 63.3 Å². The van der Waals surface area contributed by atoms with E-state index in [0.29, 0.717) is 39.5 Å². The van der Waals surface area contributed by atoms with Crippen molar-refractivity contribution >= 4 is 121 Å². The number of rotatable bonds is 11. The summed E-state index contributed by atoms with van der Waals surface area (Å²) in [6, 6.07) is 24.5. The van der Waals surface area contributed by atoms with Gasteiger partial charge in [0.15, 0.2) is 10.3 Å². The normalized spacial score (nSPS) is 10.4. The second-order valence-electron chi connectivity index (χ2n) is 9.96. The van der Waals surface area contributed by atoms with E-state index in [9.17, 15) is 9.59 Å². The van der Waals surface area contributed by atoms with Gasteiger partial charge in [-0.05, 0) is 83.6 Å². The van der Waals surface area contributed by atoms with E-state index >= 15 is 0 Å². The van der Waals surface area contributed by atoms with Crippen LogP contribution in [0.15, 0.2) is 102 Å². The maximum Gasteiger partial charge on any atom is 1.00 e. The molecule has 0 aliphatic rings. The molecular weight excluding hydrogens is 983 g/mol. The molecule has 0 atom stereocenters. The van der Waals surface area contributed by atoms with E-state index < -0.39 is 5.97 Å². The van der Waals surface area contributed by atoms with Crippen molar-refractivity contribution in [2.24, 2.45) is 0 Å². The minimum absolute atomic E-state index is 0. The molecule has 264 valence electrons. The molecule has 0 unspecified atom stereocenters. The van der Waals surface area contributed by atoms with Crippen molar-refractivity contribution in [3.05, 3.63) is 102 Å². The summed E-state index contributed by atoms with van der Waals surface area (Å²) in [5.41, 5.74) is 2.26. The number of carboxylic acid groups (broad SMARTS) is 1. The smallest absolute Gasteiger partial charge is 0.870 e. The molecule has 0 radical (unpaired) electrons. The Morgan fingerprint density at radius 1 is 0.686 bits per heavy atom. The molecule has 0 aliphatic heterocycles. The molecule has 0 amide bonds. The Hall–Kier alpha value is -1.16. The molecule has 0 bridgehead atoms. The molecule has 6 aromatic rings. The first-order valence-corrected chi connectivity index (χ1v) is 19.4. The fourth-order valence-corrected chi connectivity index (χ4v) is 8.07. The first-order valence-electron chi connectivity index (χ1n) is 14.3. The number of fused-ring (bicyclic) bond motifs is 2. The SMILES string of the molecule is C.CCOC(=O)CSc1nnc(Br)n1Cc1ccc(Br)c2ccccc12.O=C(O)CSc1nnc(Br)n1Cc1ccc(Br)c2ccccc12.[K+].[OH-]. The summed E-state index contributed by atoms with van der Waals surface area (Å²) in [5, 5.41) is 30.9. The zero-order valence-electron chi connectivity index (χ0n) is 26.6. The fourth-order valence-electron chi connectivity index (χ4n) is 4.74. The number of nitrogens with zero attached hydrogens (tertiary/aromatic N) is 6. The van der Waals surface area contributed by atoms with E-state index in [1.54, 1.807) is 6.92 Å². The van der Waals surface area contributed by atoms with E-state index in [4.69, 9.17) is 9.84 Å². The minimum atomic E-state index is -0.880. The largest absolute Gasteiger partial charge is 1.00 e. The first kappa shape index (κ1) is 46.0. The number of carboxylic acids is 1. The van der Waals surface area contributed by atoms with Crippen molar-refractivity contribution in [3.8, 4) is 0 Å². The van der Waals surface area contributed by atoms with E-state index in [-0.39, 0.29) is 81.8 Å². The van der Waals surface area contributed by atoms with Crippen molar-refractivity contribution in [2.75, 3.05) is 18.1 Å². The number of hydrogen-bond donors (Lipinski definition) is 1. The van der Waals surface area contributed by atoms with Crippen molar-refractivity contribution in [1.29, 1.82) is 0 Å². The first-order chi connectivity index (χ1) is 23.2. The molecule has 2 N–H and O–H groups in total. The molecule has 11 nitrogen and oxygen atoms in total. The van der Waals surface area contributed by atoms with Gasteiger partial charge in [0.25, 0.3) is 0 Å². The molecule has 0 spiro atoms. The molecule has 18 heteroatoms. The predicted octanol–water partition coefficient (Wildman–Crippen LogP) is 6.30. The third kappa shape index (κ3) is 12.2. The van der Waals surface area contributed by atoms with Crippen LogP contribution < -0.4 is 51.4 Å². The van der Waals surface area contributed by atoms with Crippen LogP contribution in [0.4, 0.5) is 0 Å². The summed E-state index contributed by atoms with van der Waals surface area (Å²) in [6.45, 7) is 3.33. The Balaban J connectivity index is 0.000000335. The van der Waals surface area contributed by atoms with Crippen LogP contribution in [0.5, 0.6) is 0 Å². The van der Waals surface area contributed by atoms with Crippen molar-refractivity contribution in [2.45, 2.75) is 37.8 Å². The van der Waals surface area contributed by atoms with Gasteiger partial charge in [0.2, 0.25) is 9.47 Å².